The molecule has 6 heavy (non-hydrogen) atoms. The van der Waals surface area contributed by atoms with E-state index in [1.54, 1.807) is 0 Å². The monoisotopic (exact) mass is 218 g/mol. The molecule has 0 aromatic carbocycles. The van der Waals surface area contributed by atoms with E-state index in [4.69, 9.17) is 0 Å². The molecule has 0 aliphatic carbocycles. The van der Waals surface area contributed by atoms with Crippen molar-refractivity contribution < 1.29 is 10.9 Å². The summed E-state index contributed by atoms with van der Waals surface area (Å²) in [6, 6.07) is 0. The maximum absolute atomic E-state index is 9.83. The molecule has 3 nitrogen and oxygen atoms in total. The second kappa shape index (κ2) is 2.13. The van der Waals surface area contributed by atoms with Gasteiger partial charge in [-0.3, -0.25) is 0 Å². The first kappa shape index (κ1) is 6.71. The van der Waals surface area contributed by atoms with Crippen molar-refractivity contribution in [3.8, 4) is 0 Å². The van der Waals surface area contributed by atoms with Crippen LogP contribution in [0, 0.1) is 0 Å². The normalized spacial score (nSPS) is 12.2. The second-order valence-electron chi connectivity index (χ2n) is 0.871. The van der Waals surface area contributed by atoms with Crippen LogP contribution in [-0.4, -0.2) is 37.6 Å². The van der Waals surface area contributed by atoms with E-state index >= 15 is 0 Å². The fourth-order valence-corrected chi connectivity index (χ4v) is 0. The maximum atomic E-state index is 9.83. The van der Waals surface area contributed by atoms with Gasteiger partial charge in [0.05, 0.1) is 0 Å². The van der Waals surface area contributed by atoms with E-state index in [-0.39, 0.29) is 22.9 Å². The van der Waals surface area contributed by atoms with Crippen LogP contribution in [0.2, 0.25) is 0 Å². The summed E-state index contributed by atoms with van der Waals surface area (Å²) in [7, 11) is -3.07. The van der Waals surface area contributed by atoms with Crippen molar-refractivity contribution in [2.75, 3.05) is 6.26 Å². The fraction of sp³-hybridized carbons (Fsp3) is 1.00. The molecule has 0 atom stereocenters. The van der Waals surface area contributed by atoms with Gasteiger partial charge in [0.15, 0.2) is 0 Å². The minimum atomic E-state index is -3.07. The minimum absolute atomic E-state index is 0.180. The standard InChI is InChI=1S/CH4O3S.Sn.3H/c1-5(2,3)4;;;;/h1H3,(H,2,3,4);;;;/q;+1;;;/p-1. The number of hydrogen-bond acceptors (Lipinski definition) is 3. The molecule has 0 saturated carbocycles. The third kappa shape index (κ3) is 4.71. The molecule has 0 spiro atoms. The van der Waals surface area contributed by atoms with E-state index in [9.17, 15) is 8.42 Å². The Morgan fingerprint density at radius 2 is 1.83 bits per heavy atom. The zero-order chi connectivity index (χ0) is 5.21. The molecule has 0 heterocycles. The average Bonchev–Trinajstić information content (AvgIpc) is 1.35. The molecular formula is CH6O3SSn. The summed E-state index contributed by atoms with van der Waals surface area (Å²) in [5, 5.41) is 0. The molecule has 0 fully saturated rings. The quantitative estimate of drug-likeness (QED) is 0.488. The zero-order valence-corrected chi connectivity index (χ0v) is 10.2. The molecule has 0 rings (SSSR count). The molecule has 0 radical (unpaired) electrons. The second-order valence-corrected chi connectivity index (χ2v) is 5.47. The summed E-state index contributed by atoms with van der Waals surface area (Å²) < 4.78 is 23.8. The summed E-state index contributed by atoms with van der Waals surface area (Å²) in [5.74, 6) is 0. The molecule has 0 aromatic heterocycles. The van der Waals surface area contributed by atoms with Crippen LogP contribution < -0.4 is 0 Å². The Morgan fingerprint density at radius 3 is 1.83 bits per heavy atom. The third-order valence-electron chi connectivity index (χ3n) is 0.303. The molecule has 0 saturated heterocycles. The molecule has 0 amide bonds. The van der Waals surface area contributed by atoms with Gasteiger partial charge in [0, 0.05) is 0 Å². The summed E-state index contributed by atoms with van der Waals surface area (Å²) in [5.41, 5.74) is 0. The van der Waals surface area contributed by atoms with Crippen LogP contribution >= 0.6 is 0 Å². The van der Waals surface area contributed by atoms with Crippen LogP contribution in [0.3, 0.4) is 0 Å². The van der Waals surface area contributed by atoms with Crippen LogP contribution in [0.15, 0.2) is 0 Å². The van der Waals surface area contributed by atoms with E-state index in [1.807, 2.05) is 0 Å². The van der Waals surface area contributed by atoms with Crippen molar-refractivity contribution in [2.24, 2.45) is 0 Å². The third-order valence-corrected chi connectivity index (χ3v) is 6.09. The van der Waals surface area contributed by atoms with Gasteiger partial charge in [0.1, 0.15) is 0 Å². The molecule has 5 heteroatoms. The molecular weight excluding hydrogens is 211 g/mol. The van der Waals surface area contributed by atoms with Gasteiger partial charge in [0.25, 0.3) is 0 Å². The van der Waals surface area contributed by atoms with Crippen molar-refractivity contribution in [3.05, 3.63) is 0 Å². The molecule has 0 aromatic rings. The Kier molecular flexibility index (Phi) is 2.38. The molecule has 38 valence electrons. The molecule has 0 unspecified atom stereocenters. The van der Waals surface area contributed by atoms with Crippen LogP contribution in [-0.2, 0) is 12.6 Å². The Morgan fingerprint density at radius 1 is 1.67 bits per heavy atom. The van der Waals surface area contributed by atoms with Crippen molar-refractivity contribution in [1.82, 2.24) is 0 Å². The van der Waals surface area contributed by atoms with E-state index in [0.717, 1.165) is 6.26 Å². The first-order valence-electron chi connectivity index (χ1n) is 1.32. The van der Waals surface area contributed by atoms with E-state index < -0.39 is 10.1 Å². The molecule has 0 aliphatic rings. The Bertz CT molecular complexity index is 113. The fourth-order valence-electron chi connectivity index (χ4n) is 0. The van der Waals surface area contributed by atoms with Crippen molar-refractivity contribution in [3.63, 3.8) is 0 Å². The molecule has 0 aliphatic heterocycles. The van der Waals surface area contributed by atoms with Gasteiger partial charge in [-0.1, -0.05) is 0 Å². The summed E-state index contributed by atoms with van der Waals surface area (Å²) >= 11 is -0.180. The average molecular weight is 217 g/mol. The van der Waals surface area contributed by atoms with Crippen molar-refractivity contribution in [2.45, 2.75) is 0 Å². The van der Waals surface area contributed by atoms with Gasteiger partial charge in [-0.15, -0.1) is 0 Å². The Labute approximate surface area is 50.4 Å². The van der Waals surface area contributed by atoms with Gasteiger partial charge in [-0.25, -0.2) is 0 Å². The van der Waals surface area contributed by atoms with Crippen LogP contribution in [0.1, 0.15) is 0 Å². The topological polar surface area (TPSA) is 43.4 Å². The van der Waals surface area contributed by atoms with Gasteiger partial charge in [-0.2, -0.15) is 0 Å². The first-order valence-corrected chi connectivity index (χ1v) is 5.46. The van der Waals surface area contributed by atoms with Gasteiger partial charge < -0.3 is 0 Å². The predicted molar refractivity (Wildman–Crippen MR) is 25.9 cm³/mol. The van der Waals surface area contributed by atoms with Gasteiger partial charge >= 0.3 is 50.3 Å². The van der Waals surface area contributed by atoms with Crippen molar-refractivity contribution in [1.29, 1.82) is 0 Å². The zero-order valence-electron chi connectivity index (χ0n) is 3.63. The van der Waals surface area contributed by atoms with Gasteiger partial charge in [-0.05, 0) is 0 Å². The van der Waals surface area contributed by atoms with E-state index in [0.29, 0.717) is 0 Å². The van der Waals surface area contributed by atoms with Crippen LogP contribution in [0.5, 0.6) is 0 Å². The van der Waals surface area contributed by atoms with E-state index in [1.165, 1.54) is 0 Å². The molecule has 0 bridgehead atoms. The van der Waals surface area contributed by atoms with E-state index in [2.05, 4.69) is 2.52 Å². The van der Waals surface area contributed by atoms with Crippen LogP contribution in [0.4, 0.5) is 0 Å². The number of hydrogen-bond donors (Lipinski definition) is 0. The Balaban J connectivity index is 3.85. The number of rotatable bonds is 1. The van der Waals surface area contributed by atoms with Crippen molar-refractivity contribution >= 4 is 33.1 Å². The molecule has 0 N–H and O–H groups in total. The Hall–Kier alpha value is 0.709. The first-order chi connectivity index (χ1) is 2.56. The summed E-state index contributed by atoms with van der Waals surface area (Å²) in [6.45, 7) is 0. The predicted octanol–water partition coefficient (Wildman–Crippen LogP) is -1.76. The summed E-state index contributed by atoms with van der Waals surface area (Å²) in [6.07, 6.45) is 1.05. The van der Waals surface area contributed by atoms with Gasteiger partial charge in [0.2, 0.25) is 0 Å². The van der Waals surface area contributed by atoms with Crippen LogP contribution in [0.25, 0.3) is 0 Å². The SMILES string of the molecule is CS(=O)(=O)[O][SnH3]. The summed E-state index contributed by atoms with van der Waals surface area (Å²) in [4.78, 5) is 0.